The van der Waals surface area contributed by atoms with Gasteiger partial charge in [0.1, 0.15) is 0 Å². The Morgan fingerprint density at radius 3 is 2.80 bits per heavy atom. The molecule has 20 heavy (non-hydrogen) atoms. The normalized spacial score (nSPS) is 16.9. The van der Waals surface area contributed by atoms with Crippen LogP contribution in [0.2, 0.25) is 0 Å². The molecule has 5 nitrogen and oxygen atoms in total. The lowest BCUT2D eigenvalue weighted by molar-refractivity contribution is 0.0941. The highest BCUT2D eigenvalue weighted by molar-refractivity contribution is 5.99. The summed E-state index contributed by atoms with van der Waals surface area (Å²) in [5, 5.41) is 6.06. The first kappa shape index (κ1) is 14.8. The fraction of sp³-hybridized carbons (Fsp3) is 0.600. The van der Waals surface area contributed by atoms with Crippen molar-refractivity contribution >= 4 is 11.6 Å². The number of anilines is 1. The van der Waals surface area contributed by atoms with E-state index in [-0.39, 0.29) is 5.91 Å². The Labute approximate surface area is 120 Å². The van der Waals surface area contributed by atoms with Gasteiger partial charge >= 0.3 is 0 Å². The molecule has 0 saturated carbocycles. The highest BCUT2D eigenvalue weighted by atomic mass is 16.1. The Balaban J connectivity index is 1.94. The van der Waals surface area contributed by atoms with Crippen LogP contribution >= 0.6 is 0 Å². The van der Waals surface area contributed by atoms with Gasteiger partial charge in [-0.2, -0.15) is 0 Å². The number of carbonyl (C=O) groups excluding carboxylic acids is 1. The number of pyridine rings is 1. The molecule has 0 bridgehead atoms. The van der Waals surface area contributed by atoms with Crippen LogP contribution in [0.3, 0.4) is 0 Å². The van der Waals surface area contributed by atoms with Gasteiger partial charge in [-0.1, -0.05) is 0 Å². The lowest BCUT2D eigenvalue weighted by Crippen LogP contribution is -2.40. The number of aryl methyl sites for hydroxylation is 1. The molecule has 0 aromatic carbocycles. The second-order valence-corrected chi connectivity index (χ2v) is 5.42. The second kappa shape index (κ2) is 6.70. The summed E-state index contributed by atoms with van der Waals surface area (Å²) < 4.78 is 0. The Morgan fingerprint density at radius 2 is 2.15 bits per heavy atom. The average molecular weight is 276 g/mol. The van der Waals surface area contributed by atoms with Gasteiger partial charge < -0.3 is 10.6 Å². The maximum absolute atomic E-state index is 12.2. The van der Waals surface area contributed by atoms with Crippen LogP contribution in [0.15, 0.2) is 12.3 Å². The Hall–Kier alpha value is -1.62. The van der Waals surface area contributed by atoms with Gasteiger partial charge in [0.05, 0.1) is 11.3 Å². The number of aromatic nitrogens is 1. The highest BCUT2D eigenvalue weighted by Gasteiger charge is 2.19. The molecule has 5 heteroatoms. The Kier molecular flexibility index (Phi) is 4.95. The van der Waals surface area contributed by atoms with Gasteiger partial charge in [0.15, 0.2) is 0 Å². The van der Waals surface area contributed by atoms with E-state index in [2.05, 4.69) is 27.4 Å². The molecule has 1 aliphatic rings. The van der Waals surface area contributed by atoms with Crippen LogP contribution in [-0.4, -0.2) is 48.5 Å². The summed E-state index contributed by atoms with van der Waals surface area (Å²) in [5.74, 6) is -0.0621. The van der Waals surface area contributed by atoms with Gasteiger partial charge in [0, 0.05) is 31.5 Å². The number of hydrogen-bond donors (Lipinski definition) is 2. The topological polar surface area (TPSA) is 57.3 Å². The van der Waals surface area contributed by atoms with E-state index < -0.39 is 0 Å². The number of nitrogens with zero attached hydrogens (tertiary/aromatic N) is 2. The van der Waals surface area contributed by atoms with Crippen molar-refractivity contribution in [3.63, 3.8) is 0 Å². The zero-order valence-corrected chi connectivity index (χ0v) is 12.6. The van der Waals surface area contributed by atoms with E-state index >= 15 is 0 Å². The predicted octanol–water partition coefficient (Wildman–Crippen LogP) is 1.65. The number of carbonyl (C=O) groups is 1. The standard InChI is InChI=1S/C15H24N4O/c1-11-8-14(16-3)13(10-17-11)15(20)18-9-12(2)19-6-4-5-7-19/h8,10,12H,4-7,9H2,1-3H3,(H,16,17)(H,18,20). The average Bonchev–Trinajstić information content (AvgIpc) is 2.98. The molecule has 1 unspecified atom stereocenters. The Bertz CT molecular complexity index is 469. The lowest BCUT2D eigenvalue weighted by atomic mass is 10.2. The van der Waals surface area contributed by atoms with Crippen LogP contribution in [0, 0.1) is 6.92 Å². The first-order chi connectivity index (χ1) is 9.61. The summed E-state index contributed by atoms with van der Waals surface area (Å²) in [7, 11) is 1.82. The molecule has 2 N–H and O–H groups in total. The van der Waals surface area contributed by atoms with Gasteiger partial charge in [-0.25, -0.2) is 0 Å². The minimum Gasteiger partial charge on any atom is -0.387 e. The van der Waals surface area contributed by atoms with Gasteiger partial charge in [-0.05, 0) is 45.8 Å². The van der Waals surface area contributed by atoms with Crippen LogP contribution in [0.25, 0.3) is 0 Å². The van der Waals surface area contributed by atoms with Crippen LogP contribution in [0.4, 0.5) is 5.69 Å². The zero-order chi connectivity index (χ0) is 14.5. The fourth-order valence-corrected chi connectivity index (χ4v) is 2.59. The van der Waals surface area contributed by atoms with Crippen molar-refractivity contribution in [3.05, 3.63) is 23.5 Å². The summed E-state index contributed by atoms with van der Waals surface area (Å²) in [6.07, 6.45) is 4.17. The summed E-state index contributed by atoms with van der Waals surface area (Å²) in [5.41, 5.74) is 2.33. The predicted molar refractivity (Wildman–Crippen MR) is 81.1 cm³/mol. The van der Waals surface area contributed by atoms with Gasteiger partial charge in [-0.3, -0.25) is 14.7 Å². The van der Waals surface area contributed by atoms with E-state index in [0.717, 1.165) is 24.5 Å². The molecule has 1 aromatic rings. The van der Waals surface area contributed by atoms with Crippen LogP contribution < -0.4 is 10.6 Å². The number of hydrogen-bond acceptors (Lipinski definition) is 4. The van der Waals surface area contributed by atoms with Crippen molar-refractivity contribution in [3.8, 4) is 0 Å². The van der Waals surface area contributed by atoms with E-state index in [1.165, 1.54) is 12.8 Å². The first-order valence-electron chi connectivity index (χ1n) is 7.28. The van der Waals surface area contributed by atoms with Crippen molar-refractivity contribution in [1.29, 1.82) is 0 Å². The van der Waals surface area contributed by atoms with E-state index in [0.29, 0.717) is 18.2 Å². The minimum absolute atomic E-state index is 0.0621. The maximum atomic E-state index is 12.2. The molecular formula is C15H24N4O. The highest BCUT2D eigenvalue weighted by Crippen LogP contribution is 2.15. The number of nitrogens with one attached hydrogen (secondary N) is 2. The van der Waals surface area contributed by atoms with Gasteiger partial charge in [0.25, 0.3) is 5.91 Å². The molecule has 1 fully saturated rings. The van der Waals surface area contributed by atoms with Crippen molar-refractivity contribution in [1.82, 2.24) is 15.2 Å². The Morgan fingerprint density at radius 1 is 1.45 bits per heavy atom. The molecule has 0 spiro atoms. The molecule has 2 rings (SSSR count). The first-order valence-corrected chi connectivity index (χ1v) is 7.28. The van der Waals surface area contributed by atoms with Crippen molar-refractivity contribution in [2.24, 2.45) is 0 Å². The van der Waals surface area contributed by atoms with Crippen molar-refractivity contribution < 1.29 is 4.79 Å². The molecule has 1 aromatic heterocycles. The summed E-state index contributed by atoms with van der Waals surface area (Å²) >= 11 is 0. The SMILES string of the molecule is CNc1cc(C)ncc1C(=O)NCC(C)N1CCCC1. The summed E-state index contributed by atoms with van der Waals surface area (Å²) in [4.78, 5) is 18.9. The largest absolute Gasteiger partial charge is 0.387 e. The molecular weight excluding hydrogens is 252 g/mol. The van der Waals surface area contributed by atoms with E-state index in [9.17, 15) is 4.79 Å². The third-order valence-corrected chi connectivity index (χ3v) is 3.88. The molecule has 2 heterocycles. The molecule has 110 valence electrons. The van der Waals surface area contributed by atoms with Gasteiger partial charge in [0.2, 0.25) is 0 Å². The summed E-state index contributed by atoms with van der Waals surface area (Å²) in [6.45, 7) is 7.04. The molecule has 0 aliphatic carbocycles. The molecule has 1 amide bonds. The third-order valence-electron chi connectivity index (χ3n) is 3.88. The van der Waals surface area contributed by atoms with Crippen LogP contribution in [-0.2, 0) is 0 Å². The minimum atomic E-state index is -0.0621. The van der Waals surface area contributed by atoms with Gasteiger partial charge in [-0.15, -0.1) is 0 Å². The molecule has 0 radical (unpaired) electrons. The maximum Gasteiger partial charge on any atom is 0.255 e. The smallest absolute Gasteiger partial charge is 0.255 e. The van der Waals surface area contributed by atoms with Crippen molar-refractivity contribution in [2.75, 3.05) is 32.0 Å². The summed E-state index contributed by atoms with van der Waals surface area (Å²) in [6, 6.07) is 2.27. The zero-order valence-electron chi connectivity index (χ0n) is 12.6. The lowest BCUT2D eigenvalue weighted by Gasteiger charge is -2.24. The van der Waals surface area contributed by atoms with Crippen LogP contribution in [0.5, 0.6) is 0 Å². The third kappa shape index (κ3) is 3.48. The molecule has 1 atom stereocenters. The van der Waals surface area contributed by atoms with E-state index in [1.807, 2.05) is 20.0 Å². The quantitative estimate of drug-likeness (QED) is 0.858. The van der Waals surface area contributed by atoms with E-state index in [4.69, 9.17) is 0 Å². The number of amides is 1. The molecule has 1 aliphatic heterocycles. The van der Waals surface area contributed by atoms with E-state index in [1.54, 1.807) is 6.20 Å². The van der Waals surface area contributed by atoms with Crippen LogP contribution in [0.1, 0.15) is 35.8 Å². The molecule has 1 saturated heterocycles. The second-order valence-electron chi connectivity index (χ2n) is 5.42. The number of rotatable bonds is 5. The van der Waals surface area contributed by atoms with Crippen molar-refractivity contribution in [2.45, 2.75) is 32.7 Å². The number of likely N-dealkylation sites (tertiary alicyclic amines) is 1. The fourth-order valence-electron chi connectivity index (χ4n) is 2.59. The monoisotopic (exact) mass is 276 g/mol.